The Morgan fingerprint density at radius 3 is 2.52 bits per heavy atom. The molecule has 0 unspecified atom stereocenters. The normalized spacial score (nSPS) is 18.9. The smallest absolute Gasteiger partial charge is 0.258 e. The third-order valence-electron chi connectivity index (χ3n) is 4.22. The van der Waals surface area contributed by atoms with Gasteiger partial charge < -0.3 is 4.74 Å². The molecule has 134 valence electrons. The van der Waals surface area contributed by atoms with Crippen LogP contribution in [-0.4, -0.2) is 20.6 Å². The molecule has 2 aromatic carbocycles. The van der Waals surface area contributed by atoms with E-state index in [9.17, 15) is 21.6 Å². The zero-order valence-corrected chi connectivity index (χ0v) is 15.7. The van der Waals surface area contributed by atoms with E-state index in [2.05, 4.69) is 15.9 Å². The predicted molar refractivity (Wildman–Crippen MR) is 90.8 cm³/mol. The first-order chi connectivity index (χ1) is 11.5. The summed E-state index contributed by atoms with van der Waals surface area (Å²) >= 11 is 3.13. The van der Waals surface area contributed by atoms with Gasteiger partial charge in [0.15, 0.2) is 9.84 Å². The lowest BCUT2D eigenvalue weighted by molar-refractivity contribution is -0.0104. The van der Waals surface area contributed by atoms with Crippen LogP contribution in [-0.2, 0) is 16.3 Å². The second-order valence-electron chi connectivity index (χ2n) is 6.09. The average Bonchev–Trinajstić information content (AvgIpc) is 2.68. The molecule has 1 aliphatic carbocycles. The molecular weight excluding hydrogens is 421 g/mol. The van der Waals surface area contributed by atoms with E-state index in [0.717, 1.165) is 12.3 Å². The maximum Gasteiger partial charge on any atom is 0.258 e. The van der Waals surface area contributed by atoms with Crippen LogP contribution in [0.15, 0.2) is 39.7 Å². The van der Waals surface area contributed by atoms with Crippen LogP contribution in [0.2, 0.25) is 0 Å². The van der Waals surface area contributed by atoms with E-state index >= 15 is 0 Å². The van der Waals surface area contributed by atoms with Crippen LogP contribution in [0.4, 0.5) is 13.2 Å². The van der Waals surface area contributed by atoms with Crippen LogP contribution >= 0.6 is 15.9 Å². The topological polar surface area (TPSA) is 43.4 Å². The molecule has 0 radical (unpaired) electrons. The number of alkyl halides is 2. The highest BCUT2D eigenvalue weighted by Gasteiger charge is 2.48. The van der Waals surface area contributed by atoms with Crippen molar-refractivity contribution >= 4 is 25.8 Å². The van der Waals surface area contributed by atoms with Crippen molar-refractivity contribution in [2.24, 2.45) is 0 Å². The zero-order valence-electron chi connectivity index (χ0n) is 13.3. The molecule has 0 saturated carbocycles. The van der Waals surface area contributed by atoms with Gasteiger partial charge in [0.25, 0.3) is 5.92 Å². The number of hydrogen-bond acceptors (Lipinski definition) is 3. The Hall–Kier alpha value is -1.54. The molecule has 25 heavy (non-hydrogen) atoms. The lowest BCUT2D eigenvalue weighted by Crippen LogP contribution is -2.20. The van der Waals surface area contributed by atoms with Gasteiger partial charge in [-0.05, 0) is 29.8 Å². The fourth-order valence-electron chi connectivity index (χ4n) is 3.01. The Kier molecular flexibility index (Phi) is 4.39. The van der Waals surface area contributed by atoms with Crippen LogP contribution in [0.1, 0.15) is 24.0 Å². The quantitative estimate of drug-likeness (QED) is 0.676. The Morgan fingerprint density at radius 1 is 1.24 bits per heavy atom. The minimum atomic E-state index is -3.67. The van der Waals surface area contributed by atoms with Gasteiger partial charge in [0, 0.05) is 34.7 Å². The van der Waals surface area contributed by atoms with Crippen molar-refractivity contribution in [3.8, 4) is 11.5 Å². The Labute approximate surface area is 151 Å². The molecule has 0 fully saturated rings. The Bertz CT molecular complexity index is 938. The molecule has 8 heteroatoms. The molecule has 0 N–H and O–H groups in total. The molecule has 0 amide bonds. The highest BCUT2D eigenvalue weighted by molar-refractivity contribution is 9.10. The fourth-order valence-corrected chi connectivity index (χ4v) is 4.47. The third kappa shape index (κ3) is 3.42. The van der Waals surface area contributed by atoms with E-state index in [1.165, 1.54) is 31.2 Å². The van der Waals surface area contributed by atoms with Gasteiger partial charge in [-0.2, -0.15) is 0 Å². The summed E-state index contributed by atoms with van der Waals surface area (Å²) in [5.41, 5.74) is 0.210. The lowest BCUT2D eigenvalue weighted by atomic mass is 10.0. The monoisotopic (exact) mass is 434 g/mol. The maximum absolute atomic E-state index is 14.2. The van der Waals surface area contributed by atoms with E-state index in [1.807, 2.05) is 0 Å². The van der Waals surface area contributed by atoms with Gasteiger partial charge in [0.05, 0.1) is 4.90 Å². The van der Waals surface area contributed by atoms with Crippen molar-refractivity contribution in [2.75, 3.05) is 6.26 Å². The van der Waals surface area contributed by atoms with Crippen molar-refractivity contribution in [1.29, 1.82) is 0 Å². The molecule has 1 atom stereocenters. The van der Waals surface area contributed by atoms with Crippen LogP contribution in [0.3, 0.4) is 0 Å². The first-order valence-electron chi connectivity index (χ1n) is 7.36. The summed E-state index contributed by atoms with van der Waals surface area (Å²) in [5, 5.41) is 0. The Morgan fingerprint density at radius 2 is 1.92 bits per heavy atom. The molecule has 0 aromatic heterocycles. The SMILES string of the molecule is C[C@H]1c2c(S(C)(=O)=O)ccc(Oc3cc(F)cc(Br)c3)c2CC1(F)F. The molecule has 1 aliphatic rings. The minimum absolute atomic E-state index is 0.0699. The summed E-state index contributed by atoms with van der Waals surface area (Å²) in [4.78, 5) is -0.125. The summed E-state index contributed by atoms with van der Waals surface area (Å²) in [6.45, 7) is 1.29. The predicted octanol–water partition coefficient (Wildman–Crippen LogP) is 5.08. The summed E-state index contributed by atoms with van der Waals surface area (Å²) < 4.78 is 71.9. The maximum atomic E-state index is 14.2. The molecule has 0 bridgehead atoms. The molecule has 3 rings (SSSR count). The molecule has 0 spiro atoms. The highest BCUT2D eigenvalue weighted by Crippen LogP contribution is 2.50. The van der Waals surface area contributed by atoms with Crippen molar-refractivity contribution in [2.45, 2.75) is 30.1 Å². The van der Waals surface area contributed by atoms with Crippen molar-refractivity contribution in [3.63, 3.8) is 0 Å². The van der Waals surface area contributed by atoms with E-state index in [0.29, 0.717) is 4.47 Å². The van der Waals surface area contributed by atoms with E-state index in [-0.39, 0.29) is 27.5 Å². The standard InChI is InChI=1S/C17H14BrF3O3S/c1-9-16-13(8-17(9,20)21)14(3-4-15(16)25(2,22)23)24-12-6-10(18)5-11(19)7-12/h3-7,9H,8H2,1-2H3/t9-/m0/s1. The van der Waals surface area contributed by atoms with Gasteiger partial charge >= 0.3 is 0 Å². The number of fused-ring (bicyclic) bond motifs is 1. The minimum Gasteiger partial charge on any atom is -0.457 e. The highest BCUT2D eigenvalue weighted by atomic mass is 79.9. The van der Waals surface area contributed by atoms with Gasteiger partial charge in [-0.3, -0.25) is 0 Å². The van der Waals surface area contributed by atoms with Gasteiger partial charge in [0.1, 0.15) is 17.3 Å². The van der Waals surface area contributed by atoms with Crippen molar-refractivity contribution in [1.82, 2.24) is 0 Å². The number of halogens is 4. The molecule has 0 aliphatic heterocycles. The second-order valence-corrected chi connectivity index (χ2v) is 8.99. The average molecular weight is 435 g/mol. The van der Waals surface area contributed by atoms with Gasteiger partial charge in [-0.15, -0.1) is 0 Å². The van der Waals surface area contributed by atoms with E-state index in [4.69, 9.17) is 4.74 Å². The zero-order chi connectivity index (χ0) is 18.6. The van der Waals surface area contributed by atoms with Gasteiger partial charge in [0.2, 0.25) is 0 Å². The fraction of sp³-hybridized carbons (Fsp3) is 0.294. The van der Waals surface area contributed by atoms with Crippen LogP contribution in [0.25, 0.3) is 0 Å². The summed E-state index contributed by atoms with van der Waals surface area (Å²) in [5.74, 6) is -4.65. The first kappa shape index (κ1) is 18.3. The van der Waals surface area contributed by atoms with Gasteiger partial charge in [-0.25, -0.2) is 21.6 Å². The molecule has 2 aromatic rings. The lowest BCUT2D eigenvalue weighted by Gasteiger charge is -2.16. The van der Waals surface area contributed by atoms with Crippen LogP contribution in [0, 0.1) is 5.82 Å². The summed E-state index contributed by atoms with van der Waals surface area (Å²) in [7, 11) is -3.67. The summed E-state index contributed by atoms with van der Waals surface area (Å²) in [6, 6.07) is 6.45. The molecule has 0 heterocycles. The van der Waals surface area contributed by atoms with Gasteiger partial charge in [-0.1, -0.05) is 22.9 Å². The molecular formula is C17H14BrF3O3S. The third-order valence-corrected chi connectivity index (χ3v) is 5.83. The van der Waals surface area contributed by atoms with Crippen molar-refractivity contribution in [3.05, 3.63) is 51.7 Å². The summed E-state index contributed by atoms with van der Waals surface area (Å²) in [6.07, 6.45) is 0.356. The molecule has 3 nitrogen and oxygen atoms in total. The first-order valence-corrected chi connectivity index (χ1v) is 10.0. The van der Waals surface area contributed by atoms with Crippen LogP contribution < -0.4 is 4.74 Å². The largest absolute Gasteiger partial charge is 0.457 e. The van der Waals surface area contributed by atoms with E-state index < -0.39 is 33.9 Å². The number of hydrogen-bond donors (Lipinski definition) is 0. The van der Waals surface area contributed by atoms with Crippen molar-refractivity contribution < 1.29 is 26.3 Å². The van der Waals surface area contributed by atoms with Crippen LogP contribution in [0.5, 0.6) is 11.5 Å². The number of sulfone groups is 1. The second kappa shape index (κ2) is 6.02. The molecule has 0 saturated heterocycles. The Balaban J connectivity index is 2.15. The van der Waals surface area contributed by atoms with E-state index in [1.54, 1.807) is 0 Å². The number of ether oxygens (including phenoxy) is 1. The number of rotatable bonds is 3. The number of benzene rings is 2.